The molecule has 1 aromatic carbocycles. The molecule has 6 heteroatoms. The molecule has 0 saturated carbocycles. The van der Waals surface area contributed by atoms with Crippen LogP contribution in [0.5, 0.6) is 5.75 Å². The highest BCUT2D eigenvalue weighted by atomic mass is 35.5. The maximum atomic E-state index is 12.1. The van der Waals surface area contributed by atoms with E-state index in [1.165, 1.54) is 12.1 Å². The van der Waals surface area contributed by atoms with E-state index >= 15 is 0 Å². The van der Waals surface area contributed by atoms with E-state index in [2.05, 4.69) is 11.3 Å². The highest BCUT2D eigenvalue weighted by Crippen LogP contribution is 2.31. The average molecular weight is 316 g/mol. The van der Waals surface area contributed by atoms with E-state index in [0.29, 0.717) is 10.7 Å². The minimum Gasteiger partial charge on any atom is -0.484 e. The van der Waals surface area contributed by atoms with E-state index in [1.807, 2.05) is 18.0 Å². The van der Waals surface area contributed by atoms with Crippen LogP contribution in [0.1, 0.15) is 5.56 Å². The Balaban J connectivity index is 2.14. The fourth-order valence-corrected chi connectivity index (χ4v) is 2.03. The third-order valence-electron chi connectivity index (χ3n) is 2.98. The minimum absolute atomic E-state index is 0.169. The Bertz CT molecular complexity index is 602. The highest BCUT2D eigenvalue weighted by Gasteiger charge is 2.28. The van der Waals surface area contributed by atoms with Crippen LogP contribution in [0.15, 0.2) is 53.7 Å². The molecule has 2 rings (SSSR count). The number of alkyl halides is 3. The molecule has 0 N–H and O–H groups in total. The predicted molar refractivity (Wildman–Crippen MR) is 76.8 cm³/mol. The first kappa shape index (κ1) is 15.5. The van der Waals surface area contributed by atoms with Gasteiger partial charge in [-0.05, 0) is 42.0 Å². The fraction of sp³-hybridized carbons (Fsp3) is 0.200. The summed E-state index contributed by atoms with van der Waals surface area (Å²) in [5.74, 6) is 0.169. The predicted octanol–water partition coefficient (Wildman–Crippen LogP) is 4.55. The lowest BCUT2D eigenvalue weighted by Crippen LogP contribution is -2.19. The number of hydrogen-bond donors (Lipinski definition) is 0. The summed E-state index contributed by atoms with van der Waals surface area (Å²) >= 11 is 5.97. The number of likely N-dealkylation sites (N-methyl/N-ethyl adjacent to an activating group) is 1. The molecule has 1 aromatic rings. The molecule has 0 amide bonds. The number of rotatable bonds is 3. The van der Waals surface area contributed by atoms with Crippen molar-refractivity contribution in [1.29, 1.82) is 0 Å². The van der Waals surface area contributed by atoms with Crippen LogP contribution in [0.2, 0.25) is 0 Å². The van der Waals surface area contributed by atoms with Crippen molar-refractivity contribution in [3.63, 3.8) is 0 Å². The Morgan fingerprint density at radius 1 is 1.19 bits per heavy atom. The van der Waals surface area contributed by atoms with Crippen molar-refractivity contribution in [2.24, 2.45) is 0 Å². The van der Waals surface area contributed by atoms with Crippen LogP contribution in [0, 0.1) is 0 Å². The zero-order valence-electron chi connectivity index (χ0n) is 11.2. The summed E-state index contributed by atoms with van der Waals surface area (Å²) < 4.78 is 40.9. The van der Waals surface area contributed by atoms with Gasteiger partial charge in [0.2, 0.25) is 0 Å². The third-order valence-corrected chi connectivity index (χ3v) is 3.33. The standard InChI is InChI=1S/C15H13ClF3NO/c1-10-13(16)7-8-14(20(10)2)11-3-5-12(6-4-11)21-9-15(17,18)19/h3-8H,1,9H2,2H3. The van der Waals surface area contributed by atoms with Crippen molar-refractivity contribution in [1.82, 2.24) is 4.90 Å². The van der Waals surface area contributed by atoms with Gasteiger partial charge in [0.25, 0.3) is 0 Å². The molecule has 0 spiro atoms. The molecule has 0 aromatic heterocycles. The van der Waals surface area contributed by atoms with Crippen molar-refractivity contribution < 1.29 is 17.9 Å². The molecule has 1 heterocycles. The van der Waals surface area contributed by atoms with E-state index < -0.39 is 12.8 Å². The summed E-state index contributed by atoms with van der Waals surface area (Å²) in [5.41, 5.74) is 2.34. The second-order valence-electron chi connectivity index (χ2n) is 4.50. The normalized spacial score (nSPS) is 15.7. The van der Waals surface area contributed by atoms with Gasteiger partial charge >= 0.3 is 6.18 Å². The molecular formula is C15H13ClF3NO. The van der Waals surface area contributed by atoms with Gasteiger partial charge in [0, 0.05) is 12.7 Å². The molecule has 0 unspecified atom stereocenters. The van der Waals surface area contributed by atoms with Gasteiger partial charge in [-0.1, -0.05) is 18.2 Å². The summed E-state index contributed by atoms with van der Waals surface area (Å²) in [5, 5.41) is 0.548. The van der Waals surface area contributed by atoms with Gasteiger partial charge < -0.3 is 9.64 Å². The molecule has 0 atom stereocenters. The van der Waals surface area contributed by atoms with Gasteiger partial charge in [0.05, 0.1) is 10.7 Å². The SMILES string of the molecule is C=C1C(Cl)=CC=C(c2ccc(OCC(F)(F)F)cc2)N1C. The molecule has 1 aliphatic heterocycles. The first-order valence-corrected chi connectivity index (χ1v) is 6.46. The lowest BCUT2D eigenvalue weighted by atomic mass is 10.1. The molecule has 0 saturated heterocycles. The number of benzene rings is 1. The third kappa shape index (κ3) is 3.82. The molecule has 112 valence electrons. The Kier molecular flexibility index (Phi) is 4.32. The van der Waals surface area contributed by atoms with Gasteiger partial charge in [-0.3, -0.25) is 0 Å². The monoisotopic (exact) mass is 315 g/mol. The van der Waals surface area contributed by atoms with Crippen molar-refractivity contribution >= 4 is 17.3 Å². The first-order valence-electron chi connectivity index (χ1n) is 6.08. The highest BCUT2D eigenvalue weighted by molar-refractivity contribution is 6.32. The van der Waals surface area contributed by atoms with Crippen LogP contribution < -0.4 is 4.74 Å². The number of halogens is 4. The molecule has 0 bridgehead atoms. The van der Waals surface area contributed by atoms with Crippen LogP contribution >= 0.6 is 11.6 Å². The van der Waals surface area contributed by atoms with Gasteiger partial charge in [-0.25, -0.2) is 0 Å². The lowest BCUT2D eigenvalue weighted by Gasteiger charge is -2.27. The van der Waals surface area contributed by atoms with Gasteiger partial charge in [0.1, 0.15) is 5.75 Å². The molecular weight excluding hydrogens is 303 g/mol. The van der Waals surface area contributed by atoms with E-state index in [1.54, 1.807) is 18.2 Å². The van der Waals surface area contributed by atoms with Gasteiger partial charge in [-0.15, -0.1) is 0 Å². The molecule has 1 aliphatic rings. The average Bonchev–Trinajstić information content (AvgIpc) is 2.43. The first-order chi connectivity index (χ1) is 9.78. The Morgan fingerprint density at radius 2 is 1.81 bits per heavy atom. The van der Waals surface area contributed by atoms with E-state index in [-0.39, 0.29) is 5.75 Å². The quantitative estimate of drug-likeness (QED) is 0.811. The summed E-state index contributed by atoms with van der Waals surface area (Å²) in [4.78, 5) is 1.81. The van der Waals surface area contributed by atoms with Crippen molar-refractivity contribution in [2.75, 3.05) is 13.7 Å². The van der Waals surface area contributed by atoms with E-state index in [4.69, 9.17) is 11.6 Å². The van der Waals surface area contributed by atoms with Crippen molar-refractivity contribution in [3.8, 4) is 5.75 Å². The Morgan fingerprint density at radius 3 is 2.38 bits per heavy atom. The van der Waals surface area contributed by atoms with Gasteiger partial charge in [0.15, 0.2) is 6.61 Å². The number of ether oxygens (including phenoxy) is 1. The molecule has 0 fully saturated rings. The van der Waals surface area contributed by atoms with Crippen LogP contribution in [-0.4, -0.2) is 24.7 Å². The maximum absolute atomic E-state index is 12.1. The van der Waals surface area contributed by atoms with Crippen molar-refractivity contribution in [2.45, 2.75) is 6.18 Å². The molecule has 21 heavy (non-hydrogen) atoms. The maximum Gasteiger partial charge on any atom is 0.422 e. The molecule has 0 aliphatic carbocycles. The van der Waals surface area contributed by atoms with Crippen molar-refractivity contribution in [3.05, 3.63) is 59.3 Å². The largest absolute Gasteiger partial charge is 0.484 e. The van der Waals surface area contributed by atoms with Crippen LogP contribution in [-0.2, 0) is 0 Å². The zero-order valence-corrected chi connectivity index (χ0v) is 12.0. The summed E-state index contributed by atoms with van der Waals surface area (Å²) in [7, 11) is 1.82. The Labute approximate surface area is 125 Å². The van der Waals surface area contributed by atoms with Crippen LogP contribution in [0.4, 0.5) is 13.2 Å². The lowest BCUT2D eigenvalue weighted by molar-refractivity contribution is -0.153. The van der Waals surface area contributed by atoms with E-state index in [9.17, 15) is 13.2 Å². The van der Waals surface area contributed by atoms with Crippen LogP contribution in [0.3, 0.4) is 0 Å². The molecule has 2 nitrogen and oxygen atoms in total. The van der Waals surface area contributed by atoms with Gasteiger partial charge in [-0.2, -0.15) is 13.2 Å². The summed E-state index contributed by atoms with van der Waals surface area (Å²) in [6, 6.07) is 6.37. The Hall–Kier alpha value is -1.88. The van der Waals surface area contributed by atoms with E-state index in [0.717, 1.165) is 11.3 Å². The minimum atomic E-state index is -4.34. The molecule has 0 radical (unpaired) electrons. The number of hydrogen-bond acceptors (Lipinski definition) is 2. The second-order valence-corrected chi connectivity index (χ2v) is 4.91. The topological polar surface area (TPSA) is 12.5 Å². The second kappa shape index (κ2) is 5.85. The summed E-state index contributed by atoms with van der Waals surface area (Å²) in [6.45, 7) is 2.56. The number of nitrogens with zero attached hydrogens (tertiary/aromatic N) is 1. The zero-order chi connectivity index (χ0) is 15.6. The smallest absolute Gasteiger partial charge is 0.422 e. The summed E-state index contributed by atoms with van der Waals surface area (Å²) in [6.07, 6.45) is -0.792. The van der Waals surface area contributed by atoms with Crippen LogP contribution in [0.25, 0.3) is 5.70 Å². The fourth-order valence-electron chi connectivity index (χ4n) is 1.84. The number of allylic oxidation sites excluding steroid dienone is 3.